The van der Waals surface area contributed by atoms with E-state index in [4.69, 9.17) is 16.7 Å². The average molecular weight is 479 g/mol. The van der Waals surface area contributed by atoms with Gasteiger partial charge in [0.25, 0.3) is 0 Å². The van der Waals surface area contributed by atoms with Gasteiger partial charge >= 0.3 is 5.97 Å². The standard InChI is InChI=1S/C24H31ClN2O4S/c1-17-11-21(14-24(28)29)13-23(12-17)32(30,31)27-18(2)15-26(16-19(27)3)10-4-5-20-6-8-22(25)9-7-20/h6-9,11-13,18-19H,4-5,10,14-16H2,1-3H3,(H,28,29)/t18-,19+. The highest BCUT2D eigenvalue weighted by Crippen LogP contribution is 2.27. The Kier molecular flexibility index (Phi) is 7.98. The Hall–Kier alpha value is -1.93. The minimum absolute atomic E-state index is 0.170. The lowest BCUT2D eigenvalue weighted by molar-refractivity contribution is -0.136. The molecule has 2 aromatic carbocycles. The topological polar surface area (TPSA) is 77.9 Å². The molecule has 0 bridgehead atoms. The monoisotopic (exact) mass is 478 g/mol. The van der Waals surface area contributed by atoms with Crippen LogP contribution in [0.15, 0.2) is 47.4 Å². The zero-order chi connectivity index (χ0) is 23.5. The number of hydrogen-bond donors (Lipinski definition) is 1. The van der Waals surface area contributed by atoms with Crippen molar-refractivity contribution in [2.45, 2.75) is 57.0 Å². The van der Waals surface area contributed by atoms with Crippen molar-refractivity contribution >= 4 is 27.6 Å². The Morgan fingerprint density at radius 2 is 1.69 bits per heavy atom. The number of hydrogen-bond acceptors (Lipinski definition) is 4. The third kappa shape index (κ3) is 6.10. The van der Waals surface area contributed by atoms with Crippen LogP contribution in [0, 0.1) is 6.92 Å². The zero-order valence-electron chi connectivity index (χ0n) is 18.8. The van der Waals surface area contributed by atoms with E-state index in [0.29, 0.717) is 18.7 Å². The second kappa shape index (κ2) is 10.3. The van der Waals surface area contributed by atoms with Crippen LogP contribution in [0.5, 0.6) is 0 Å². The molecule has 174 valence electrons. The molecule has 32 heavy (non-hydrogen) atoms. The number of aliphatic carboxylic acids is 1. The van der Waals surface area contributed by atoms with Crippen molar-refractivity contribution in [2.75, 3.05) is 19.6 Å². The van der Waals surface area contributed by atoms with Crippen molar-refractivity contribution in [3.05, 3.63) is 64.2 Å². The van der Waals surface area contributed by atoms with Gasteiger partial charge in [-0.05, 0) is 81.1 Å². The summed E-state index contributed by atoms with van der Waals surface area (Å²) in [5.74, 6) is -0.979. The lowest BCUT2D eigenvalue weighted by Gasteiger charge is -2.43. The van der Waals surface area contributed by atoms with E-state index in [2.05, 4.69) is 4.90 Å². The van der Waals surface area contributed by atoms with Crippen LogP contribution >= 0.6 is 11.6 Å². The molecule has 0 aliphatic carbocycles. The number of halogens is 1. The van der Waals surface area contributed by atoms with E-state index < -0.39 is 16.0 Å². The molecule has 0 unspecified atom stereocenters. The van der Waals surface area contributed by atoms with Gasteiger partial charge in [-0.2, -0.15) is 4.31 Å². The van der Waals surface area contributed by atoms with Gasteiger partial charge in [0.2, 0.25) is 10.0 Å². The maximum atomic E-state index is 13.5. The molecule has 1 fully saturated rings. The molecule has 1 aliphatic heterocycles. The van der Waals surface area contributed by atoms with Crippen LogP contribution in [0.2, 0.25) is 5.02 Å². The highest BCUT2D eigenvalue weighted by Gasteiger charge is 2.38. The van der Waals surface area contributed by atoms with Gasteiger partial charge in [0.1, 0.15) is 0 Å². The van der Waals surface area contributed by atoms with Gasteiger partial charge < -0.3 is 10.0 Å². The van der Waals surface area contributed by atoms with Gasteiger partial charge in [-0.25, -0.2) is 8.42 Å². The number of piperazine rings is 1. The van der Waals surface area contributed by atoms with Crippen LogP contribution in [-0.2, 0) is 27.7 Å². The molecular weight excluding hydrogens is 448 g/mol. The Labute approximate surface area is 195 Å². The molecule has 0 amide bonds. The minimum atomic E-state index is -3.73. The molecule has 1 heterocycles. The fraction of sp³-hybridized carbons (Fsp3) is 0.458. The second-order valence-corrected chi connectivity index (χ2v) is 11.0. The summed E-state index contributed by atoms with van der Waals surface area (Å²) in [6.07, 6.45) is 1.75. The first kappa shape index (κ1) is 24.7. The van der Waals surface area contributed by atoms with Crippen molar-refractivity contribution in [3.8, 4) is 0 Å². The SMILES string of the molecule is Cc1cc(CC(=O)O)cc(S(=O)(=O)N2[C@H](C)CN(CCCc3ccc(Cl)cc3)C[C@@H]2C)c1. The largest absolute Gasteiger partial charge is 0.481 e. The van der Waals surface area contributed by atoms with Crippen molar-refractivity contribution in [1.29, 1.82) is 0 Å². The first-order valence-electron chi connectivity index (χ1n) is 10.9. The maximum absolute atomic E-state index is 13.5. The molecule has 0 radical (unpaired) electrons. The summed E-state index contributed by atoms with van der Waals surface area (Å²) in [5, 5.41) is 9.83. The number of nitrogens with zero attached hydrogens (tertiary/aromatic N) is 2. The first-order valence-corrected chi connectivity index (χ1v) is 12.7. The summed E-state index contributed by atoms with van der Waals surface area (Å²) in [7, 11) is -3.73. The molecule has 0 saturated carbocycles. The van der Waals surface area contributed by atoms with E-state index in [1.165, 1.54) is 11.6 Å². The van der Waals surface area contributed by atoms with Crippen LogP contribution < -0.4 is 0 Å². The molecule has 1 saturated heterocycles. The Morgan fingerprint density at radius 1 is 1.06 bits per heavy atom. The number of benzene rings is 2. The van der Waals surface area contributed by atoms with Crippen molar-refractivity contribution in [3.63, 3.8) is 0 Å². The summed E-state index contributed by atoms with van der Waals surface area (Å²) >= 11 is 5.95. The summed E-state index contributed by atoms with van der Waals surface area (Å²) in [6, 6.07) is 12.4. The molecule has 1 aliphatic rings. The number of aryl methyl sites for hydroxylation is 2. The van der Waals surface area contributed by atoms with E-state index >= 15 is 0 Å². The van der Waals surface area contributed by atoms with Crippen molar-refractivity contribution in [2.24, 2.45) is 0 Å². The number of carboxylic acids is 1. The predicted molar refractivity (Wildman–Crippen MR) is 127 cm³/mol. The van der Waals surface area contributed by atoms with Crippen LogP contribution in [-0.4, -0.2) is 60.4 Å². The highest BCUT2D eigenvalue weighted by molar-refractivity contribution is 7.89. The molecule has 2 aromatic rings. The van der Waals surface area contributed by atoms with Gasteiger partial charge in [0.05, 0.1) is 11.3 Å². The highest BCUT2D eigenvalue weighted by atomic mass is 35.5. The normalized spacial score (nSPS) is 20.4. The van der Waals surface area contributed by atoms with Gasteiger partial charge in [0.15, 0.2) is 0 Å². The molecule has 0 aromatic heterocycles. The van der Waals surface area contributed by atoms with Crippen LogP contribution in [0.4, 0.5) is 0 Å². The van der Waals surface area contributed by atoms with E-state index in [9.17, 15) is 13.2 Å². The van der Waals surface area contributed by atoms with Crippen LogP contribution in [0.25, 0.3) is 0 Å². The average Bonchev–Trinajstić information content (AvgIpc) is 2.68. The second-order valence-electron chi connectivity index (χ2n) is 8.75. The Bertz CT molecular complexity index is 1040. The quantitative estimate of drug-likeness (QED) is 0.620. The molecule has 1 N–H and O–H groups in total. The predicted octanol–water partition coefficient (Wildman–Crippen LogP) is 3.99. The van der Waals surface area contributed by atoms with E-state index in [1.54, 1.807) is 23.4 Å². The summed E-state index contributed by atoms with van der Waals surface area (Å²) in [6.45, 7) is 7.89. The summed E-state index contributed by atoms with van der Waals surface area (Å²) in [5.41, 5.74) is 2.48. The van der Waals surface area contributed by atoms with Gasteiger partial charge in [-0.3, -0.25) is 4.79 Å². The molecule has 8 heteroatoms. The molecule has 6 nitrogen and oxygen atoms in total. The third-order valence-corrected chi connectivity index (χ3v) is 8.17. The molecule has 2 atom stereocenters. The van der Waals surface area contributed by atoms with E-state index in [-0.39, 0.29) is 23.4 Å². The van der Waals surface area contributed by atoms with Gasteiger partial charge in [-0.1, -0.05) is 29.8 Å². The first-order chi connectivity index (χ1) is 15.1. The Morgan fingerprint density at radius 3 is 2.28 bits per heavy atom. The van der Waals surface area contributed by atoms with Gasteiger partial charge in [0, 0.05) is 30.2 Å². The van der Waals surface area contributed by atoms with Crippen molar-refractivity contribution < 1.29 is 18.3 Å². The van der Waals surface area contributed by atoms with Gasteiger partial charge in [-0.15, -0.1) is 0 Å². The number of sulfonamides is 1. The fourth-order valence-electron chi connectivity index (χ4n) is 4.60. The van der Waals surface area contributed by atoms with Crippen LogP contribution in [0.1, 0.15) is 37.0 Å². The minimum Gasteiger partial charge on any atom is -0.481 e. The summed E-state index contributed by atoms with van der Waals surface area (Å²) < 4.78 is 28.5. The lowest BCUT2D eigenvalue weighted by atomic mass is 10.1. The smallest absolute Gasteiger partial charge is 0.307 e. The van der Waals surface area contributed by atoms with Crippen molar-refractivity contribution in [1.82, 2.24) is 9.21 Å². The summed E-state index contributed by atoms with van der Waals surface area (Å²) in [4.78, 5) is 13.6. The molecule has 0 spiro atoms. The lowest BCUT2D eigenvalue weighted by Crippen LogP contribution is -2.58. The number of carboxylic acid groups (broad SMARTS) is 1. The zero-order valence-corrected chi connectivity index (χ0v) is 20.4. The number of rotatable bonds is 8. The fourth-order valence-corrected chi connectivity index (χ4v) is 6.69. The Balaban J connectivity index is 1.67. The maximum Gasteiger partial charge on any atom is 0.307 e. The van der Waals surface area contributed by atoms with Crippen LogP contribution in [0.3, 0.4) is 0 Å². The molecule has 3 rings (SSSR count). The van der Waals surface area contributed by atoms with E-state index in [0.717, 1.165) is 30.0 Å². The van der Waals surface area contributed by atoms with E-state index in [1.807, 2.05) is 38.1 Å². The third-order valence-electron chi connectivity index (χ3n) is 5.81. The number of carbonyl (C=O) groups is 1. The molecular formula is C24H31ClN2O4S.